The van der Waals surface area contributed by atoms with Gasteiger partial charge in [-0.1, -0.05) is 36.4 Å². The number of amides is 1. The first-order valence-electron chi connectivity index (χ1n) is 8.83. The van der Waals surface area contributed by atoms with Crippen LogP contribution in [0, 0.1) is 5.82 Å². The van der Waals surface area contributed by atoms with Crippen molar-refractivity contribution in [1.82, 2.24) is 9.80 Å². The van der Waals surface area contributed by atoms with Crippen LogP contribution >= 0.6 is 0 Å². The van der Waals surface area contributed by atoms with E-state index in [1.165, 1.54) is 17.7 Å². The van der Waals surface area contributed by atoms with E-state index in [-0.39, 0.29) is 17.8 Å². The maximum Gasteiger partial charge on any atom is 0.244 e. The Balaban J connectivity index is 1.77. The number of rotatable bonds is 5. The van der Waals surface area contributed by atoms with Gasteiger partial charge in [0, 0.05) is 7.05 Å². The van der Waals surface area contributed by atoms with Crippen LogP contribution in [0.25, 0.3) is 0 Å². The lowest BCUT2D eigenvalue weighted by atomic mass is 9.97. The first kappa shape index (κ1) is 18.5. The van der Waals surface area contributed by atoms with Gasteiger partial charge in [-0.3, -0.25) is 9.69 Å². The van der Waals surface area contributed by atoms with Crippen molar-refractivity contribution >= 4 is 5.91 Å². The van der Waals surface area contributed by atoms with Crippen LogP contribution in [-0.4, -0.2) is 50.0 Å². The zero-order chi connectivity index (χ0) is 18.7. The molecule has 0 saturated carbocycles. The molecule has 0 spiro atoms. The Morgan fingerprint density at radius 2 is 1.85 bits per heavy atom. The molecule has 5 heteroatoms. The Labute approximate surface area is 154 Å². The van der Waals surface area contributed by atoms with Crippen LogP contribution in [0.1, 0.15) is 28.8 Å². The van der Waals surface area contributed by atoms with E-state index in [0.29, 0.717) is 13.2 Å². The third-order valence-electron chi connectivity index (χ3n) is 4.84. The molecule has 2 unspecified atom stereocenters. The summed E-state index contributed by atoms with van der Waals surface area (Å²) in [7, 11) is 5.50. The van der Waals surface area contributed by atoms with Crippen LogP contribution in [0.15, 0.2) is 48.5 Å². The number of carbonyl (C=O) groups excluding carboxylic acids is 1. The van der Waals surface area contributed by atoms with Crippen molar-refractivity contribution in [2.24, 2.45) is 0 Å². The van der Waals surface area contributed by atoms with E-state index >= 15 is 0 Å². The molecule has 2 aromatic carbocycles. The van der Waals surface area contributed by atoms with Gasteiger partial charge >= 0.3 is 0 Å². The number of halogens is 1. The molecule has 1 amide bonds. The highest BCUT2D eigenvalue weighted by molar-refractivity contribution is 5.83. The topological polar surface area (TPSA) is 32.8 Å². The van der Waals surface area contributed by atoms with E-state index in [4.69, 9.17) is 4.74 Å². The largest absolute Gasteiger partial charge is 0.371 e. The Hall–Kier alpha value is -2.24. The highest BCUT2D eigenvalue weighted by atomic mass is 19.1. The summed E-state index contributed by atoms with van der Waals surface area (Å²) in [4.78, 5) is 16.6. The minimum atomic E-state index is -0.459. The minimum Gasteiger partial charge on any atom is -0.371 e. The predicted octanol–water partition coefficient (Wildman–Crippen LogP) is 3.20. The van der Waals surface area contributed by atoms with Gasteiger partial charge < -0.3 is 9.64 Å². The van der Waals surface area contributed by atoms with Crippen LogP contribution in [0.2, 0.25) is 0 Å². The molecule has 0 fully saturated rings. The molecule has 0 radical (unpaired) electrons. The second-order valence-corrected chi connectivity index (χ2v) is 6.94. The molecule has 138 valence electrons. The quantitative estimate of drug-likeness (QED) is 0.825. The molecule has 0 bridgehead atoms. The zero-order valence-corrected chi connectivity index (χ0v) is 15.5. The summed E-state index contributed by atoms with van der Waals surface area (Å²) >= 11 is 0. The average molecular weight is 356 g/mol. The number of carbonyl (C=O) groups is 1. The fourth-order valence-electron chi connectivity index (χ4n) is 3.48. The summed E-state index contributed by atoms with van der Waals surface area (Å²) in [5.41, 5.74) is 3.21. The Kier molecular flexibility index (Phi) is 5.69. The predicted molar refractivity (Wildman–Crippen MR) is 99.3 cm³/mol. The zero-order valence-electron chi connectivity index (χ0n) is 15.5. The highest BCUT2D eigenvalue weighted by Gasteiger charge is 2.29. The number of ether oxygens (including phenoxy) is 1. The third-order valence-corrected chi connectivity index (χ3v) is 4.84. The number of benzene rings is 2. The van der Waals surface area contributed by atoms with Gasteiger partial charge in [0.25, 0.3) is 0 Å². The van der Waals surface area contributed by atoms with Crippen LogP contribution in [0.3, 0.4) is 0 Å². The monoisotopic (exact) mass is 356 g/mol. The van der Waals surface area contributed by atoms with Crippen molar-refractivity contribution in [2.45, 2.75) is 18.6 Å². The SMILES string of the molecule is CN(CC1OCCc2ccccc21)C(=O)C(c1ccc(F)cc1)N(C)C. The normalized spacial score (nSPS) is 17.7. The molecule has 1 heterocycles. The van der Waals surface area contributed by atoms with E-state index in [1.54, 1.807) is 24.1 Å². The van der Waals surface area contributed by atoms with Crippen molar-refractivity contribution in [3.8, 4) is 0 Å². The van der Waals surface area contributed by atoms with Gasteiger partial charge in [0.05, 0.1) is 13.2 Å². The number of hydrogen-bond donors (Lipinski definition) is 0. The van der Waals surface area contributed by atoms with Gasteiger partial charge in [-0.15, -0.1) is 0 Å². The molecule has 0 N–H and O–H groups in total. The lowest BCUT2D eigenvalue weighted by Gasteiger charge is -2.33. The molecular weight excluding hydrogens is 331 g/mol. The van der Waals surface area contributed by atoms with Gasteiger partial charge in [-0.25, -0.2) is 4.39 Å². The van der Waals surface area contributed by atoms with Crippen molar-refractivity contribution in [3.05, 3.63) is 71.0 Å². The van der Waals surface area contributed by atoms with Crippen LogP contribution in [-0.2, 0) is 16.0 Å². The summed E-state index contributed by atoms with van der Waals surface area (Å²) < 4.78 is 19.2. The lowest BCUT2D eigenvalue weighted by Crippen LogP contribution is -2.41. The molecule has 4 nitrogen and oxygen atoms in total. The standard InChI is InChI=1S/C21H25FN2O2/c1-23(2)20(16-8-10-17(22)11-9-16)21(25)24(3)14-19-18-7-5-4-6-15(18)12-13-26-19/h4-11,19-20H,12-14H2,1-3H3. The summed E-state index contributed by atoms with van der Waals surface area (Å²) in [6.45, 7) is 1.15. The number of nitrogens with zero attached hydrogens (tertiary/aromatic N) is 2. The van der Waals surface area contributed by atoms with Gasteiger partial charge in [-0.05, 0) is 49.3 Å². The van der Waals surface area contributed by atoms with Crippen molar-refractivity contribution < 1.29 is 13.9 Å². The summed E-state index contributed by atoms with van der Waals surface area (Å²) in [6.07, 6.45) is 0.783. The first-order chi connectivity index (χ1) is 12.5. The Bertz CT molecular complexity index is 761. The number of likely N-dealkylation sites (N-methyl/N-ethyl adjacent to an activating group) is 2. The van der Waals surface area contributed by atoms with E-state index in [0.717, 1.165) is 17.5 Å². The molecule has 1 aliphatic rings. The van der Waals surface area contributed by atoms with Crippen LogP contribution < -0.4 is 0 Å². The molecule has 0 saturated heterocycles. The maximum absolute atomic E-state index is 13.2. The average Bonchev–Trinajstić information content (AvgIpc) is 2.63. The van der Waals surface area contributed by atoms with Gasteiger partial charge in [0.1, 0.15) is 18.0 Å². The Morgan fingerprint density at radius 1 is 1.15 bits per heavy atom. The minimum absolute atomic E-state index is 0.0340. The summed E-state index contributed by atoms with van der Waals surface area (Å²) in [5, 5.41) is 0. The highest BCUT2D eigenvalue weighted by Crippen LogP contribution is 2.29. The van der Waals surface area contributed by atoms with Crippen LogP contribution in [0.5, 0.6) is 0 Å². The smallest absolute Gasteiger partial charge is 0.244 e. The second kappa shape index (κ2) is 7.98. The molecule has 0 aliphatic carbocycles. The summed E-state index contributed by atoms with van der Waals surface area (Å²) in [5.74, 6) is -0.340. The molecule has 1 aliphatic heterocycles. The van der Waals surface area contributed by atoms with E-state index in [2.05, 4.69) is 12.1 Å². The summed E-state index contributed by atoms with van der Waals surface area (Å²) in [6, 6.07) is 13.9. The second-order valence-electron chi connectivity index (χ2n) is 6.94. The van der Waals surface area contributed by atoms with Crippen molar-refractivity contribution in [1.29, 1.82) is 0 Å². The van der Waals surface area contributed by atoms with E-state index in [9.17, 15) is 9.18 Å². The van der Waals surface area contributed by atoms with Crippen molar-refractivity contribution in [2.75, 3.05) is 34.3 Å². The van der Waals surface area contributed by atoms with Gasteiger partial charge in [-0.2, -0.15) is 0 Å². The molecular formula is C21H25FN2O2. The van der Waals surface area contributed by atoms with Crippen LogP contribution in [0.4, 0.5) is 4.39 Å². The van der Waals surface area contributed by atoms with Gasteiger partial charge in [0.2, 0.25) is 5.91 Å². The molecule has 3 rings (SSSR count). The maximum atomic E-state index is 13.2. The van der Waals surface area contributed by atoms with E-state index in [1.807, 2.05) is 31.1 Å². The Morgan fingerprint density at radius 3 is 2.54 bits per heavy atom. The van der Waals surface area contributed by atoms with Crippen molar-refractivity contribution in [3.63, 3.8) is 0 Å². The molecule has 2 aromatic rings. The molecule has 2 atom stereocenters. The lowest BCUT2D eigenvalue weighted by molar-refractivity contribution is -0.137. The first-order valence-corrected chi connectivity index (χ1v) is 8.83. The number of fused-ring (bicyclic) bond motifs is 1. The fourth-order valence-corrected chi connectivity index (χ4v) is 3.48. The fraction of sp³-hybridized carbons (Fsp3) is 0.381. The van der Waals surface area contributed by atoms with Gasteiger partial charge in [0.15, 0.2) is 0 Å². The third kappa shape index (κ3) is 3.94. The van der Waals surface area contributed by atoms with E-state index < -0.39 is 6.04 Å². The number of hydrogen-bond acceptors (Lipinski definition) is 3. The molecule has 0 aromatic heterocycles. The molecule has 26 heavy (non-hydrogen) atoms.